The Bertz CT molecular complexity index is 440. The fraction of sp³-hybridized carbons (Fsp3) is 0.833. The van der Waals surface area contributed by atoms with Gasteiger partial charge in [0.15, 0.2) is 0 Å². The molecule has 1 saturated carbocycles. The van der Waals surface area contributed by atoms with Crippen LogP contribution in [0.5, 0.6) is 0 Å². The van der Waals surface area contributed by atoms with Crippen molar-refractivity contribution in [3.8, 4) is 0 Å². The molecule has 1 aliphatic rings. The Morgan fingerprint density at radius 2 is 1.70 bits per heavy atom. The van der Waals surface area contributed by atoms with Crippen LogP contribution in [0.3, 0.4) is 0 Å². The minimum Gasteiger partial charge on any atom is -0.465 e. The summed E-state index contributed by atoms with van der Waals surface area (Å²) in [6.45, 7) is 9.38. The zero-order chi connectivity index (χ0) is 17.7. The van der Waals surface area contributed by atoms with E-state index in [0.717, 1.165) is 12.8 Å². The molecule has 0 radical (unpaired) electrons. The third-order valence-corrected chi connectivity index (χ3v) is 4.88. The van der Waals surface area contributed by atoms with Crippen molar-refractivity contribution in [2.75, 3.05) is 6.61 Å². The Labute approximate surface area is 139 Å². The van der Waals surface area contributed by atoms with Crippen LogP contribution in [0.2, 0.25) is 0 Å². The van der Waals surface area contributed by atoms with Gasteiger partial charge in [0, 0.05) is 12.8 Å². The molecule has 0 aliphatic heterocycles. The molecular weight excluding hydrogens is 296 g/mol. The zero-order valence-corrected chi connectivity index (χ0v) is 15.1. The minimum atomic E-state index is -0.593. The maximum atomic E-state index is 12.0. The van der Waals surface area contributed by atoms with Gasteiger partial charge in [-0.05, 0) is 52.9 Å². The Balaban J connectivity index is 2.38. The first kappa shape index (κ1) is 19.7. The smallest absolute Gasteiger partial charge is 0.311 e. The third-order valence-electron chi connectivity index (χ3n) is 4.88. The molecule has 1 rings (SSSR count). The number of ether oxygens (including phenoxy) is 2. The van der Waals surface area contributed by atoms with Crippen LogP contribution in [0.25, 0.3) is 0 Å². The summed E-state index contributed by atoms with van der Waals surface area (Å²) in [4.78, 5) is 35.1. The summed E-state index contributed by atoms with van der Waals surface area (Å²) < 4.78 is 10.7. The molecule has 0 aromatic carbocycles. The number of ketones is 1. The molecule has 0 spiro atoms. The second-order valence-electron chi connectivity index (χ2n) is 7.51. The summed E-state index contributed by atoms with van der Waals surface area (Å²) in [6, 6.07) is 0. The largest absolute Gasteiger partial charge is 0.465 e. The van der Waals surface area contributed by atoms with Crippen molar-refractivity contribution < 1.29 is 23.9 Å². The van der Waals surface area contributed by atoms with E-state index in [1.807, 2.05) is 34.6 Å². The molecule has 0 unspecified atom stereocenters. The van der Waals surface area contributed by atoms with Crippen molar-refractivity contribution in [2.24, 2.45) is 11.3 Å². The fourth-order valence-corrected chi connectivity index (χ4v) is 2.63. The monoisotopic (exact) mass is 326 g/mol. The molecule has 23 heavy (non-hydrogen) atoms. The predicted octanol–water partition coefficient (Wildman–Crippen LogP) is 3.44. The lowest BCUT2D eigenvalue weighted by Crippen LogP contribution is -2.39. The average Bonchev–Trinajstić information content (AvgIpc) is 2.46. The van der Waals surface area contributed by atoms with E-state index in [-0.39, 0.29) is 36.7 Å². The summed E-state index contributed by atoms with van der Waals surface area (Å²) in [6.07, 6.45) is 3.40. The normalized spacial score (nSPS) is 17.0. The summed E-state index contributed by atoms with van der Waals surface area (Å²) in [5.74, 6) is -0.175. The molecule has 0 heterocycles. The molecule has 0 amide bonds. The lowest BCUT2D eigenvalue weighted by Gasteiger charge is -2.36. The van der Waals surface area contributed by atoms with Crippen molar-refractivity contribution in [3.05, 3.63) is 0 Å². The number of carbonyl (C=O) groups excluding carboxylic acids is 3. The second kappa shape index (κ2) is 7.93. The maximum Gasteiger partial charge on any atom is 0.311 e. The van der Waals surface area contributed by atoms with Gasteiger partial charge in [0.25, 0.3) is 0 Å². The molecule has 0 bridgehead atoms. The summed E-state index contributed by atoms with van der Waals surface area (Å²) in [5.41, 5.74) is -1.12. The van der Waals surface area contributed by atoms with Gasteiger partial charge in [-0.1, -0.05) is 6.92 Å². The lowest BCUT2D eigenvalue weighted by atomic mass is 9.78. The third kappa shape index (κ3) is 5.96. The van der Waals surface area contributed by atoms with E-state index >= 15 is 0 Å². The maximum absolute atomic E-state index is 12.0. The first-order valence-electron chi connectivity index (χ1n) is 8.49. The van der Waals surface area contributed by atoms with E-state index in [1.54, 1.807) is 0 Å². The molecule has 5 heteroatoms. The van der Waals surface area contributed by atoms with Crippen LogP contribution in [0.4, 0.5) is 0 Å². The molecule has 0 N–H and O–H groups in total. The molecule has 0 aromatic heterocycles. The number of esters is 2. The van der Waals surface area contributed by atoms with Gasteiger partial charge in [-0.2, -0.15) is 0 Å². The highest BCUT2D eigenvalue weighted by atomic mass is 16.6. The second-order valence-corrected chi connectivity index (χ2v) is 7.51. The van der Waals surface area contributed by atoms with Crippen LogP contribution >= 0.6 is 0 Å². The number of carbonyl (C=O) groups is 3. The molecule has 0 atom stereocenters. The standard InChI is InChI=1S/C18H30O5/c1-6-17(2,3)16(21)22-12-11-15(20)23-18(4,5)13-7-9-14(19)10-8-13/h13H,6-12H2,1-5H3. The molecule has 0 aromatic rings. The fourth-order valence-electron chi connectivity index (χ4n) is 2.63. The minimum absolute atomic E-state index is 0.0420. The summed E-state index contributed by atoms with van der Waals surface area (Å²) in [7, 11) is 0. The molecule has 132 valence electrons. The topological polar surface area (TPSA) is 69.7 Å². The van der Waals surface area contributed by atoms with Crippen LogP contribution in [-0.4, -0.2) is 29.9 Å². The van der Waals surface area contributed by atoms with Gasteiger partial charge in [-0.3, -0.25) is 14.4 Å². The summed E-state index contributed by atoms with van der Waals surface area (Å²) >= 11 is 0. The van der Waals surface area contributed by atoms with Gasteiger partial charge >= 0.3 is 11.9 Å². The quantitative estimate of drug-likeness (QED) is 0.670. The highest BCUT2D eigenvalue weighted by Crippen LogP contribution is 2.33. The summed E-state index contributed by atoms with van der Waals surface area (Å²) in [5, 5.41) is 0. The van der Waals surface area contributed by atoms with Gasteiger partial charge < -0.3 is 9.47 Å². The molecular formula is C18H30O5. The molecule has 5 nitrogen and oxygen atoms in total. The van der Waals surface area contributed by atoms with E-state index < -0.39 is 11.0 Å². The van der Waals surface area contributed by atoms with Gasteiger partial charge in [0.05, 0.1) is 11.8 Å². The van der Waals surface area contributed by atoms with Gasteiger partial charge in [-0.15, -0.1) is 0 Å². The van der Waals surface area contributed by atoms with E-state index in [0.29, 0.717) is 19.3 Å². The number of hydrogen-bond acceptors (Lipinski definition) is 5. The van der Waals surface area contributed by atoms with E-state index in [9.17, 15) is 14.4 Å². The van der Waals surface area contributed by atoms with Crippen LogP contribution in [0.1, 0.15) is 73.1 Å². The van der Waals surface area contributed by atoms with E-state index in [1.165, 1.54) is 0 Å². The van der Waals surface area contributed by atoms with Crippen LogP contribution in [-0.2, 0) is 23.9 Å². The average molecular weight is 326 g/mol. The van der Waals surface area contributed by atoms with Crippen LogP contribution < -0.4 is 0 Å². The lowest BCUT2D eigenvalue weighted by molar-refractivity contribution is -0.166. The SMILES string of the molecule is CCC(C)(C)C(=O)OCCC(=O)OC(C)(C)C1CCC(=O)CC1. The zero-order valence-electron chi connectivity index (χ0n) is 15.1. The Morgan fingerprint density at radius 3 is 2.22 bits per heavy atom. The van der Waals surface area contributed by atoms with Crippen molar-refractivity contribution in [2.45, 2.75) is 78.7 Å². The van der Waals surface area contributed by atoms with Crippen LogP contribution in [0.15, 0.2) is 0 Å². The van der Waals surface area contributed by atoms with Gasteiger partial charge in [0.1, 0.15) is 18.0 Å². The van der Waals surface area contributed by atoms with E-state index in [4.69, 9.17) is 9.47 Å². The molecule has 1 aliphatic carbocycles. The Hall–Kier alpha value is -1.39. The molecule has 0 saturated heterocycles. The van der Waals surface area contributed by atoms with Crippen molar-refractivity contribution in [1.29, 1.82) is 0 Å². The predicted molar refractivity (Wildman–Crippen MR) is 86.8 cm³/mol. The van der Waals surface area contributed by atoms with Crippen molar-refractivity contribution in [3.63, 3.8) is 0 Å². The number of rotatable bonds is 7. The van der Waals surface area contributed by atoms with E-state index in [2.05, 4.69) is 0 Å². The molecule has 1 fully saturated rings. The van der Waals surface area contributed by atoms with Crippen LogP contribution in [0, 0.1) is 11.3 Å². The Kier molecular flexibility index (Phi) is 6.78. The highest BCUT2D eigenvalue weighted by molar-refractivity contribution is 5.79. The number of hydrogen-bond donors (Lipinski definition) is 0. The highest BCUT2D eigenvalue weighted by Gasteiger charge is 2.35. The van der Waals surface area contributed by atoms with Crippen molar-refractivity contribution >= 4 is 17.7 Å². The van der Waals surface area contributed by atoms with Gasteiger partial charge in [-0.25, -0.2) is 0 Å². The number of Topliss-reactive ketones (excluding diaryl/α,β-unsaturated/α-hetero) is 1. The van der Waals surface area contributed by atoms with Gasteiger partial charge in [0.2, 0.25) is 0 Å². The van der Waals surface area contributed by atoms with Crippen molar-refractivity contribution in [1.82, 2.24) is 0 Å². The Morgan fingerprint density at radius 1 is 1.13 bits per heavy atom. The first-order chi connectivity index (χ1) is 10.6. The first-order valence-corrected chi connectivity index (χ1v) is 8.49.